The molecular weight excluding hydrogens is 192 g/mol. The summed E-state index contributed by atoms with van der Waals surface area (Å²) in [4.78, 5) is 10.7. The van der Waals surface area contributed by atoms with Gasteiger partial charge in [0.1, 0.15) is 0 Å². The molecule has 1 aliphatic carbocycles. The number of primary amides is 1. The molecule has 1 heterocycles. The number of aryl methyl sites for hydroxylation is 1. The van der Waals surface area contributed by atoms with Gasteiger partial charge in [0.2, 0.25) is 5.91 Å². The monoisotopic (exact) mass is 208 g/mol. The zero-order chi connectivity index (χ0) is 10.8. The Hall–Kier alpha value is -1.36. The Bertz CT molecular complexity index is 371. The standard InChI is InChI=1S/C10H16N4O/c1-14-9-4-2-3-8(7(9)5-13-14)12-6-10(11)15/h5,8,12H,2-4,6H2,1H3,(H2,11,15). The number of carbonyl (C=O) groups is 1. The van der Waals surface area contributed by atoms with Crippen molar-refractivity contribution in [2.45, 2.75) is 25.3 Å². The van der Waals surface area contributed by atoms with E-state index in [9.17, 15) is 4.79 Å². The van der Waals surface area contributed by atoms with E-state index >= 15 is 0 Å². The maximum absolute atomic E-state index is 10.7. The highest BCUT2D eigenvalue weighted by Crippen LogP contribution is 2.28. The first-order valence-corrected chi connectivity index (χ1v) is 5.21. The normalized spacial score (nSPS) is 19.9. The molecule has 0 saturated carbocycles. The Labute approximate surface area is 88.6 Å². The van der Waals surface area contributed by atoms with Crippen LogP contribution in [0.2, 0.25) is 0 Å². The maximum Gasteiger partial charge on any atom is 0.231 e. The summed E-state index contributed by atoms with van der Waals surface area (Å²) in [6.07, 6.45) is 5.13. The smallest absolute Gasteiger partial charge is 0.231 e. The van der Waals surface area contributed by atoms with E-state index in [2.05, 4.69) is 10.4 Å². The quantitative estimate of drug-likeness (QED) is 0.727. The molecule has 2 rings (SSSR count). The molecule has 5 heteroatoms. The van der Waals surface area contributed by atoms with Gasteiger partial charge in [-0.05, 0) is 19.3 Å². The van der Waals surface area contributed by atoms with Crippen molar-refractivity contribution in [3.8, 4) is 0 Å². The summed E-state index contributed by atoms with van der Waals surface area (Å²) in [6.45, 7) is 0.235. The van der Waals surface area contributed by atoms with E-state index in [1.807, 2.05) is 17.9 Å². The van der Waals surface area contributed by atoms with E-state index < -0.39 is 0 Å². The van der Waals surface area contributed by atoms with Crippen molar-refractivity contribution >= 4 is 5.91 Å². The van der Waals surface area contributed by atoms with Crippen molar-refractivity contribution in [1.82, 2.24) is 15.1 Å². The van der Waals surface area contributed by atoms with Crippen molar-refractivity contribution in [3.05, 3.63) is 17.5 Å². The summed E-state index contributed by atoms with van der Waals surface area (Å²) in [5, 5.41) is 7.40. The van der Waals surface area contributed by atoms with Crippen LogP contribution in [0.3, 0.4) is 0 Å². The summed E-state index contributed by atoms with van der Waals surface area (Å²) >= 11 is 0. The predicted molar refractivity (Wildman–Crippen MR) is 56.1 cm³/mol. The number of rotatable bonds is 3. The highest BCUT2D eigenvalue weighted by atomic mass is 16.1. The van der Waals surface area contributed by atoms with Gasteiger partial charge in [-0.15, -0.1) is 0 Å². The van der Waals surface area contributed by atoms with E-state index in [0.717, 1.165) is 19.3 Å². The summed E-state index contributed by atoms with van der Waals surface area (Å²) in [5.41, 5.74) is 7.59. The first-order chi connectivity index (χ1) is 7.18. The lowest BCUT2D eigenvalue weighted by Gasteiger charge is -2.23. The minimum atomic E-state index is -0.314. The van der Waals surface area contributed by atoms with Gasteiger partial charge >= 0.3 is 0 Å². The molecule has 1 amide bonds. The van der Waals surface area contributed by atoms with Crippen LogP contribution in [0.1, 0.15) is 30.1 Å². The van der Waals surface area contributed by atoms with Gasteiger partial charge < -0.3 is 11.1 Å². The topological polar surface area (TPSA) is 72.9 Å². The molecule has 0 radical (unpaired) electrons. The zero-order valence-electron chi connectivity index (χ0n) is 8.86. The third-order valence-corrected chi connectivity index (χ3v) is 2.90. The molecule has 1 aromatic rings. The van der Waals surface area contributed by atoms with E-state index in [4.69, 9.17) is 5.73 Å². The highest BCUT2D eigenvalue weighted by Gasteiger charge is 2.22. The second-order valence-corrected chi connectivity index (χ2v) is 3.96. The fraction of sp³-hybridized carbons (Fsp3) is 0.600. The lowest BCUT2D eigenvalue weighted by Crippen LogP contribution is -2.33. The van der Waals surface area contributed by atoms with Gasteiger partial charge in [-0.1, -0.05) is 0 Å². The average Bonchev–Trinajstić information content (AvgIpc) is 2.58. The van der Waals surface area contributed by atoms with Crippen LogP contribution in [0.4, 0.5) is 0 Å². The molecule has 1 aromatic heterocycles. The molecule has 0 aromatic carbocycles. The Morgan fingerprint density at radius 1 is 1.80 bits per heavy atom. The summed E-state index contributed by atoms with van der Waals surface area (Å²) in [5.74, 6) is -0.314. The van der Waals surface area contributed by atoms with Gasteiger partial charge in [-0.25, -0.2) is 0 Å². The summed E-state index contributed by atoms with van der Waals surface area (Å²) in [6, 6.07) is 0.231. The molecule has 0 saturated heterocycles. The average molecular weight is 208 g/mol. The van der Waals surface area contributed by atoms with Gasteiger partial charge in [0.15, 0.2) is 0 Å². The highest BCUT2D eigenvalue weighted by molar-refractivity contribution is 5.75. The van der Waals surface area contributed by atoms with Gasteiger partial charge in [0, 0.05) is 24.3 Å². The largest absolute Gasteiger partial charge is 0.369 e. The maximum atomic E-state index is 10.7. The van der Waals surface area contributed by atoms with E-state index in [1.54, 1.807) is 0 Å². The fourth-order valence-corrected chi connectivity index (χ4v) is 2.14. The molecule has 3 N–H and O–H groups in total. The Balaban J connectivity index is 2.12. The Morgan fingerprint density at radius 2 is 2.60 bits per heavy atom. The van der Waals surface area contributed by atoms with Crippen LogP contribution in [-0.4, -0.2) is 22.2 Å². The van der Waals surface area contributed by atoms with Crippen LogP contribution in [0.15, 0.2) is 6.20 Å². The SMILES string of the molecule is Cn1ncc2c1CCCC2NCC(N)=O. The van der Waals surface area contributed by atoms with Gasteiger partial charge in [-0.2, -0.15) is 5.10 Å². The van der Waals surface area contributed by atoms with Crippen LogP contribution in [-0.2, 0) is 18.3 Å². The number of aromatic nitrogens is 2. The van der Waals surface area contributed by atoms with Crippen molar-refractivity contribution in [1.29, 1.82) is 0 Å². The van der Waals surface area contributed by atoms with E-state index in [0.29, 0.717) is 0 Å². The molecule has 0 fully saturated rings. The first-order valence-electron chi connectivity index (χ1n) is 5.21. The molecule has 0 spiro atoms. The lowest BCUT2D eigenvalue weighted by atomic mass is 9.93. The molecule has 0 bridgehead atoms. The van der Waals surface area contributed by atoms with Crippen molar-refractivity contribution in [2.75, 3.05) is 6.54 Å². The molecule has 5 nitrogen and oxygen atoms in total. The minimum Gasteiger partial charge on any atom is -0.369 e. The first kappa shape index (κ1) is 10.2. The van der Waals surface area contributed by atoms with Gasteiger partial charge in [0.05, 0.1) is 12.7 Å². The number of nitrogens with zero attached hydrogens (tertiary/aromatic N) is 2. The number of fused-ring (bicyclic) bond motifs is 1. The third kappa shape index (κ3) is 2.02. The van der Waals surface area contributed by atoms with Gasteiger partial charge in [0.25, 0.3) is 0 Å². The predicted octanol–water partition coefficient (Wildman–Crippen LogP) is -0.128. The Morgan fingerprint density at radius 3 is 3.33 bits per heavy atom. The van der Waals surface area contributed by atoms with Crippen molar-refractivity contribution < 1.29 is 4.79 Å². The third-order valence-electron chi connectivity index (χ3n) is 2.90. The zero-order valence-corrected chi connectivity index (χ0v) is 8.86. The van der Waals surface area contributed by atoms with E-state index in [1.165, 1.54) is 11.3 Å². The van der Waals surface area contributed by atoms with Crippen LogP contribution in [0, 0.1) is 0 Å². The summed E-state index contributed by atoms with van der Waals surface area (Å²) in [7, 11) is 1.95. The number of nitrogens with one attached hydrogen (secondary N) is 1. The van der Waals surface area contributed by atoms with Crippen molar-refractivity contribution in [3.63, 3.8) is 0 Å². The van der Waals surface area contributed by atoms with Crippen LogP contribution in [0.5, 0.6) is 0 Å². The van der Waals surface area contributed by atoms with Crippen LogP contribution >= 0.6 is 0 Å². The summed E-state index contributed by atoms with van der Waals surface area (Å²) < 4.78 is 1.91. The van der Waals surface area contributed by atoms with Gasteiger partial charge in [-0.3, -0.25) is 9.48 Å². The fourth-order valence-electron chi connectivity index (χ4n) is 2.14. The van der Waals surface area contributed by atoms with Crippen LogP contribution in [0.25, 0.3) is 0 Å². The number of carbonyl (C=O) groups excluding carboxylic acids is 1. The molecule has 0 aliphatic heterocycles. The second kappa shape index (κ2) is 4.02. The Kier molecular flexibility index (Phi) is 2.73. The molecular formula is C10H16N4O. The molecule has 1 atom stereocenters. The molecule has 1 aliphatic rings. The number of hydrogen-bond acceptors (Lipinski definition) is 3. The molecule has 82 valence electrons. The number of hydrogen-bond donors (Lipinski definition) is 2. The number of nitrogens with two attached hydrogens (primary N) is 1. The molecule has 1 unspecified atom stereocenters. The van der Waals surface area contributed by atoms with Crippen molar-refractivity contribution in [2.24, 2.45) is 12.8 Å². The lowest BCUT2D eigenvalue weighted by molar-refractivity contribution is -0.117. The van der Waals surface area contributed by atoms with E-state index in [-0.39, 0.29) is 18.5 Å². The second-order valence-electron chi connectivity index (χ2n) is 3.96. The minimum absolute atomic E-state index is 0.231. The molecule has 15 heavy (non-hydrogen) atoms. The van der Waals surface area contributed by atoms with Crippen LogP contribution < -0.4 is 11.1 Å². The number of amides is 1.